The van der Waals surface area contributed by atoms with Crippen LogP contribution in [0.2, 0.25) is 0 Å². The van der Waals surface area contributed by atoms with Gasteiger partial charge >= 0.3 is 0 Å². The molecular formula is C23H21FN4O5S. The highest BCUT2D eigenvalue weighted by Gasteiger charge is 2.31. The van der Waals surface area contributed by atoms with Crippen LogP contribution in [0.25, 0.3) is 0 Å². The van der Waals surface area contributed by atoms with Gasteiger partial charge < -0.3 is 25.5 Å². The minimum absolute atomic E-state index is 0.0319. The lowest BCUT2D eigenvalue weighted by Gasteiger charge is -2.25. The summed E-state index contributed by atoms with van der Waals surface area (Å²) in [4.78, 5) is 43.6. The lowest BCUT2D eigenvalue weighted by Crippen LogP contribution is -2.31. The molecule has 176 valence electrons. The van der Waals surface area contributed by atoms with Crippen molar-refractivity contribution < 1.29 is 23.5 Å². The molecule has 2 heterocycles. The summed E-state index contributed by atoms with van der Waals surface area (Å²) in [6.07, 6.45) is 0.0319. The number of rotatable bonds is 8. The minimum Gasteiger partial charge on any atom is -0.493 e. The molecule has 9 nitrogen and oxygen atoms in total. The van der Waals surface area contributed by atoms with Crippen molar-refractivity contribution in [3.05, 3.63) is 75.3 Å². The normalized spacial score (nSPS) is 14.8. The van der Waals surface area contributed by atoms with E-state index in [-0.39, 0.29) is 41.5 Å². The van der Waals surface area contributed by atoms with Gasteiger partial charge in [-0.25, -0.2) is 9.37 Å². The van der Waals surface area contributed by atoms with Gasteiger partial charge in [-0.3, -0.25) is 14.4 Å². The van der Waals surface area contributed by atoms with Gasteiger partial charge in [-0.1, -0.05) is 36.0 Å². The number of aromatic nitrogens is 2. The predicted molar refractivity (Wildman–Crippen MR) is 124 cm³/mol. The maximum Gasteiger partial charge on any atom is 0.257 e. The standard InChI is InChI=1S/C23H21FN4O5S/c1-32-17-8-12(6-7-16(17)33-10-18(25)29)14-9-19(30)26-21-20(14)22(31)28-23(27-21)34-11-13-4-2-3-5-15(13)24/h2-8,14H,9-11H2,1H3,(H2,25,29)(H2,26,27,28,30,31)/t14-/m0/s1. The van der Waals surface area contributed by atoms with Crippen molar-refractivity contribution in [3.8, 4) is 11.5 Å². The molecule has 3 aromatic rings. The maximum absolute atomic E-state index is 13.9. The average Bonchev–Trinajstić information content (AvgIpc) is 2.81. The number of nitrogens with zero attached hydrogens (tertiary/aromatic N) is 1. The molecule has 4 N–H and O–H groups in total. The molecule has 11 heteroatoms. The SMILES string of the molecule is COc1cc([C@@H]2CC(=O)Nc3nc(SCc4ccccc4F)[nH]c(=O)c32)ccc1OCC(N)=O. The van der Waals surface area contributed by atoms with Gasteiger partial charge in [0.2, 0.25) is 5.91 Å². The molecule has 34 heavy (non-hydrogen) atoms. The zero-order valence-corrected chi connectivity index (χ0v) is 18.9. The zero-order valence-electron chi connectivity index (χ0n) is 18.1. The topological polar surface area (TPSA) is 136 Å². The van der Waals surface area contributed by atoms with Crippen LogP contribution in [0.3, 0.4) is 0 Å². The molecule has 0 unspecified atom stereocenters. The molecule has 0 spiro atoms. The minimum atomic E-state index is -0.634. The Hall–Kier alpha value is -3.86. The number of methoxy groups -OCH3 is 1. The van der Waals surface area contributed by atoms with E-state index in [1.54, 1.807) is 36.4 Å². The highest BCUT2D eigenvalue weighted by atomic mass is 32.2. The Labute approximate surface area is 197 Å². The highest BCUT2D eigenvalue weighted by molar-refractivity contribution is 7.98. The molecule has 2 aromatic carbocycles. The molecule has 0 fully saturated rings. The van der Waals surface area contributed by atoms with Crippen molar-refractivity contribution in [2.24, 2.45) is 5.73 Å². The lowest BCUT2D eigenvalue weighted by atomic mass is 9.86. The first-order chi connectivity index (χ1) is 16.4. The number of nitrogens with one attached hydrogen (secondary N) is 2. The number of hydrogen-bond acceptors (Lipinski definition) is 7. The summed E-state index contributed by atoms with van der Waals surface area (Å²) in [6.45, 7) is -0.318. The second kappa shape index (κ2) is 9.96. The van der Waals surface area contributed by atoms with Gasteiger partial charge in [0.15, 0.2) is 23.3 Å². The number of aromatic amines is 1. The average molecular weight is 485 g/mol. The number of carbonyl (C=O) groups excluding carboxylic acids is 2. The fourth-order valence-electron chi connectivity index (χ4n) is 3.63. The Morgan fingerprint density at radius 2 is 2.03 bits per heavy atom. The summed E-state index contributed by atoms with van der Waals surface area (Å²) < 4.78 is 24.6. The number of amides is 2. The zero-order chi connectivity index (χ0) is 24.2. The third-order valence-electron chi connectivity index (χ3n) is 5.21. The van der Waals surface area contributed by atoms with Crippen LogP contribution in [0, 0.1) is 5.82 Å². The number of anilines is 1. The number of H-pyrrole nitrogens is 1. The molecule has 0 saturated carbocycles. The highest BCUT2D eigenvalue weighted by Crippen LogP contribution is 2.38. The van der Waals surface area contributed by atoms with Gasteiger partial charge in [0, 0.05) is 18.1 Å². The monoisotopic (exact) mass is 484 g/mol. The molecule has 0 radical (unpaired) electrons. The number of nitrogens with two attached hydrogens (primary N) is 1. The van der Waals surface area contributed by atoms with Crippen LogP contribution in [0.4, 0.5) is 10.2 Å². The number of primary amides is 1. The van der Waals surface area contributed by atoms with Crippen molar-refractivity contribution in [1.29, 1.82) is 0 Å². The molecule has 2 amide bonds. The molecule has 1 aromatic heterocycles. The van der Waals surface area contributed by atoms with E-state index in [2.05, 4.69) is 15.3 Å². The van der Waals surface area contributed by atoms with E-state index in [1.807, 2.05) is 0 Å². The van der Waals surface area contributed by atoms with Gasteiger partial charge in [-0.15, -0.1) is 0 Å². The van der Waals surface area contributed by atoms with Crippen LogP contribution in [-0.2, 0) is 15.3 Å². The second-order valence-electron chi connectivity index (χ2n) is 7.48. The number of hydrogen-bond donors (Lipinski definition) is 3. The Morgan fingerprint density at radius 1 is 1.24 bits per heavy atom. The van der Waals surface area contributed by atoms with Crippen LogP contribution in [0.15, 0.2) is 52.4 Å². The van der Waals surface area contributed by atoms with Crippen LogP contribution < -0.4 is 26.1 Å². The summed E-state index contributed by atoms with van der Waals surface area (Å²) >= 11 is 1.16. The molecule has 1 aliphatic heterocycles. The Balaban J connectivity index is 1.64. The third-order valence-corrected chi connectivity index (χ3v) is 6.13. The summed E-state index contributed by atoms with van der Waals surface area (Å²) in [6, 6.07) is 11.3. The predicted octanol–water partition coefficient (Wildman–Crippen LogP) is 2.55. The van der Waals surface area contributed by atoms with Crippen molar-refractivity contribution in [3.63, 3.8) is 0 Å². The van der Waals surface area contributed by atoms with Crippen LogP contribution in [0.1, 0.15) is 29.0 Å². The second-order valence-corrected chi connectivity index (χ2v) is 8.45. The first-order valence-corrected chi connectivity index (χ1v) is 11.2. The van der Waals surface area contributed by atoms with E-state index in [0.29, 0.717) is 28.2 Å². The van der Waals surface area contributed by atoms with E-state index in [1.165, 1.54) is 13.2 Å². The van der Waals surface area contributed by atoms with Crippen LogP contribution in [-0.4, -0.2) is 35.5 Å². The molecule has 0 saturated heterocycles. The van der Waals surface area contributed by atoms with Gasteiger partial charge in [-0.05, 0) is 29.3 Å². The Kier molecular flexibility index (Phi) is 6.82. The van der Waals surface area contributed by atoms with E-state index in [9.17, 15) is 18.8 Å². The fourth-order valence-corrected chi connectivity index (χ4v) is 4.48. The Morgan fingerprint density at radius 3 is 2.76 bits per heavy atom. The smallest absolute Gasteiger partial charge is 0.257 e. The molecular weight excluding hydrogens is 463 g/mol. The Bertz CT molecular complexity index is 1310. The summed E-state index contributed by atoms with van der Waals surface area (Å²) in [7, 11) is 1.44. The van der Waals surface area contributed by atoms with Crippen LogP contribution >= 0.6 is 11.8 Å². The van der Waals surface area contributed by atoms with Gasteiger partial charge in [0.05, 0.1) is 12.7 Å². The van der Waals surface area contributed by atoms with E-state index < -0.39 is 17.4 Å². The molecule has 0 bridgehead atoms. The van der Waals surface area contributed by atoms with Gasteiger partial charge in [0.1, 0.15) is 11.6 Å². The summed E-state index contributed by atoms with van der Waals surface area (Å²) in [5, 5.41) is 2.92. The summed E-state index contributed by atoms with van der Waals surface area (Å²) in [5.74, 6) is -0.806. The van der Waals surface area contributed by atoms with Crippen molar-refractivity contribution >= 4 is 29.4 Å². The molecule has 1 atom stereocenters. The number of benzene rings is 2. The number of thioether (sulfide) groups is 1. The van der Waals surface area contributed by atoms with E-state index >= 15 is 0 Å². The number of ether oxygens (including phenoxy) is 2. The quantitative estimate of drug-likeness (QED) is 0.330. The first kappa shape index (κ1) is 23.3. The van der Waals surface area contributed by atoms with Gasteiger partial charge in [0.25, 0.3) is 11.5 Å². The van der Waals surface area contributed by atoms with Crippen LogP contribution in [0.5, 0.6) is 11.5 Å². The fraction of sp³-hybridized carbons (Fsp3) is 0.217. The third kappa shape index (κ3) is 5.04. The number of halogens is 1. The van der Waals surface area contributed by atoms with Crippen molar-refractivity contribution in [2.75, 3.05) is 19.0 Å². The molecule has 0 aliphatic carbocycles. The number of carbonyl (C=O) groups is 2. The lowest BCUT2D eigenvalue weighted by molar-refractivity contribution is -0.120. The van der Waals surface area contributed by atoms with Gasteiger partial charge in [-0.2, -0.15) is 0 Å². The van der Waals surface area contributed by atoms with E-state index in [4.69, 9.17) is 15.2 Å². The molecule has 1 aliphatic rings. The largest absolute Gasteiger partial charge is 0.493 e. The maximum atomic E-state index is 13.9. The van der Waals surface area contributed by atoms with E-state index in [0.717, 1.165) is 11.8 Å². The van der Waals surface area contributed by atoms with Crippen molar-refractivity contribution in [1.82, 2.24) is 9.97 Å². The summed E-state index contributed by atoms with van der Waals surface area (Å²) in [5.41, 5.74) is 6.14. The number of fused-ring (bicyclic) bond motifs is 1. The molecule has 4 rings (SSSR count). The first-order valence-electron chi connectivity index (χ1n) is 10.2. The van der Waals surface area contributed by atoms with Crippen molar-refractivity contribution in [2.45, 2.75) is 23.2 Å².